The van der Waals surface area contributed by atoms with Crippen LogP contribution in [0.4, 0.5) is 10.5 Å². The molecular weight excluding hydrogens is 330 g/mol. The van der Waals surface area contributed by atoms with Gasteiger partial charge in [-0.2, -0.15) is 0 Å². The van der Waals surface area contributed by atoms with Crippen molar-refractivity contribution in [2.45, 2.75) is 44.7 Å². The number of likely N-dealkylation sites (tertiary alicyclic amines) is 1. The number of hydrogen-bond donors (Lipinski definition) is 2. The van der Waals surface area contributed by atoms with E-state index in [1.165, 1.54) is 0 Å². The van der Waals surface area contributed by atoms with E-state index in [-0.39, 0.29) is 6.03 Å². The predicted molar refractivity (Wildman–Crippen MR) is 99.0 cm³/mol. The Labute approximate surface area is 154 Å². The number of methoxy groups -OCH3 is 1. The van der Waals surface area contributed by atoms with E-state index in [4.69, 9.17) is 4.74 Å². The van der Waals surface area contributed by atoms with Crippen molar-refractivity contribution < 1.29 is 14.3 Å². The maximum atomic E-state index is 12.4. The molecule has 0 bridgehead atoms. The topological polar surface area (TPSA) is 70.7 Å². The van der Waals surface area contributed by atoms with Gasteiger partial charge in [-0.25, -0.2) is 4.79 Å². The molecule has 3 amide bonds. The fraction of sp³-hybridized carbons (Fsp3) is 0.600. The van der Waals surface area contributed by atoms with E-state index >= 15 is 0 Å². The molecule has 0 spiro atoms. The molecule has 0 unspecified atom stereocenters. The van der Waals surface area contributed by atoms with Crippen molar-refractivity contribution in [3.63, 3.8) is 0 Å². The van der Waals surface area contributed by atoms with E-state index in [1.54, 1.807) is 13.2 Å². The molecule has 3 fully saturated rings. The summed E-state index contributed by atoms with van der Waals surface area (Å²) in [6.45, 7) is 2.87. The summed E-state index contributed by atoms with van der Waals surface area (Å²) in [5.74, 6) is 2.30. The first kappa shape index (κ1) is 17.2. The summed E-state index contributed by atoms with van der Waals surface area (Å²) in [6.07, 6.45) is 4.04. The monoisotopic (exact) mass is 357 g/mol. The molecule has 1 heterocycles. The lowest BCUT2D eigenvalue weighted by molar-refractivity contribution is -0.129. The molecule has 26 heavy (non-hydrogen) atoms. The third-order valence-electron chi connectivity index (χ3n) is 6.21. The van der Waals surface area contributed by atoms with E-state index < -0.39 is 0 Å². The van der Waals surface area contributed by atoms with Gasteiger partial charge < -0.3 is 20.3 Å². The molecule has 1 aliphatic heterocycles. The van der Waals surface area contributed by atoms with Gasteiger partial charge in [0, 0.05) is 36.8 Å². The van der Waals surface area contributed by atoms with E-state index in [2.05, 4.69) is 22.5 Å². The zero-order valence-corrected chi connectivity index (χ0v) is 15.4. The molecule has 1 aromatic carbocycles. The van der Waals surface area contributed by atoms with Crippen LogP contribution in [0.1, 0.15) is 32.6 Å². The smallest absolute Gasteiger partial charge is 0.319 e. The molecule has 6 nitrogen and oxygen atoms in total. The predicted octanol–water partition coefficient (Wildman–Crippen LogP) is 2.85. The largest absolute Gasteiger partial charge is 0.497 e. The average Bonchev–Trinajstić information content (AvgIpc) is 3.34. The van der Waals surface area contributed by atoms with E-state index in [1.807, 2.05) is 18.2 Å². The van der Waals surface area contributed by atoms with Crippen LogP contribution in [0.2, 0.25) is 0 Å². The van der Waals surface area contributed by atoms with Gasteiger partial charge in [-0.1, -0.05) is 13.0 Å². The highest BCUT2D eigenvalue weighted by Crippen LogP contribution is 2.49. The van der Waals surface area contributed by atoms with Crippen molar-refractivity contribution in [3.05, 3.63) is 24.3 Å². The summed E-state index contributed by atoms with van der Waals surface area (Å²) in [5, 5.41) is 5.86. The third-order valence-corrected chi connectivity index (χ3v) is 6.21. The number of ether oxygens (including phenoxy) is 1. The number of nitrogens with one attached hydrogen (secondary N) is 2. The second-order valence-electron chi connectivity index (χ2n) is 7.91. The zero-order chi connectivity index (χ0) is 18.3. The SMILES string of the molecule is COc1cccc(NC(=O)NC[C@H]2[C@@H]3CC(=O)N(C4CC4)[C@@H]3C[C@@H]2C)c1. The molecule has 140 valence electrons. The number of amides is 3. The Kier molecular flexibility index (Phi) is 4.51. The lowest BCUT2D eigenvalue weighted by Gasteiger charge is -2.24. The summed E-state index contributed by atoms with van der Waals surface area (Å²) in [5.41, 5.74) is 0.704. The van der Waals surface area contributed by atoms with Crippen LogP contribution in [0.5, 0.6) is 5.75 Å². The Bertz CT molecular complexity index is 703. The maximum Gasteiger partial charge on any atom is 0.319 e. The Hall–Kier alpha value is -2.24. The quantitative estimate of drug-likeness (QED) is 0.851. The minimum absolute atomic E-state index is 0.211. The molecule has 1 saturated heterocycles. The van der Waals surface area contributed by atoms with Crippen molar-refractivity contribution in [1.29, 1.82) is 0 Å². The van der Waals surface area contributed by atoms with Gasteiger partial charge in [0.2, 0.25) is 5.91 Å². The van der Waals surface area contributed by atoms with Crippen molar-refractivity contribution in [3.8, 4) is 5.75 Å². The van der Waals surface area contributed by atoms with Gasteiger partial charge in [-0.3, -0.25) is 4.79 Å². The molecule has 6 heteroatoms. The second kappa shape index (κ2) is 6.82. The number of rotatable bonds is 5. The highest BCUT2D eigenvalue weighted by Gasteiger charge is 2.53. The van der Waals surface area contributed by atoms with Gasteiger partial charge >= 0.3 is 6.03 Å². The number of urea groups is 1. The summed E-state index contributed by atoms with van der Waals surface area (Å²) in [4.78, 5) is 26.8. The summed E-state index contributed by atoms with van der Waals surface area (Å²) in [6, 6.07) is 7.97. The van der Waals surface area contributed by atoms with Crippen LogP contribution in [-0.4, -0.2) is 42.6 Å². The summed E-state index contributed by atoms with van der Waals surface area (Å²) >= 11 is 0. The molecular formula is C20H27N3O3. The number of hydrogen-bond acceptors (Lipinski definition) is 3. The second-order valence-corrected chi connectivity index (χ2v) is 7.91. The van der Waals surface area contributed by atoms with Crippen LogP contribution in [0.25, 0.3) is 0 Å². The van der Waals surface area contributed by atoms with Crippen LogP contribution < -0.4 is 15.4 Å². The molecule has 3 aliphatic rings. The Morgan fingerprint density at radius 1 is 1.35 bits per heavy atom. The number of benzene rings is 1. The summed E-state index contributed by atoms with van der Waals surface area (Å²) in [7, 11) is 1.60. The molecule has 4 atom stereocenters. The van der Waals surface area contributed by atoms with Crippen LogP contribution in [0.15, 0.2) is 24.3 Å². The van der Waals surface area contributed by atoms with E-state index in [0.717, 1.165) is 19.3 Å². The summed E-state index contributed by atoms with van der Waals surface area (Å²) < 4.78 is 5.18. The molecule has 0 radical (unpaired) electrons. The van der Waals surface area contributed by atoms with Gasteiger partial charge in [0.15, 0.2) is 0 Å². The fourth-order valence-corrected chi connectivity index (χ4v) is 4.80. The third kappa shape index (κ3) is 3.24. The Morgan fingerprint density at radius 3 is 2.88 bits per heavy atom. The number of anilines is 1. The lowest BCUT2D eigenvalue weighted by Crippen LogP contribution is -2.37. The van der Waals surface area contributed by atoms with Crippen molar-refractivity contribution in [2.75, 3.05) is 19.0 Å². The maximum absolute atomic E-state index is 12.4. The van der Waals surface area contributed by atoms with Crippen molar-refractivity contribution in [1.82, 2.24) is 10.2 Å². The standard InChI is InChI=1S/C20H27N3O3/c1-12-8-18-16(10-19(24)23(18)14-6-7-14)17(12)11-21-20(25)22-13-4-3-5-15(9-13)26-2/h3-5,9,12,14,16-18H,6-8,10-11H2,1-2H3,(H2,21,22,25)/t12-,16-,17+,18+/m0/s1. The number of nitrogens with zero attached hydrogens (tertiary/aromatic N) is 1. The first-order valence-corrected chi connectivity index (χ1v) is 9.57. The highest BCUT2D eigenvalue weighted by atomic mass is 16.5. The van der Waals surface area contributed by atoms with Gasteiger partial charge in [0.05, 0.1) is 7.11 Å². The normalized spacial score (nSPS) is 30.2. The van der Waals surface area contributed by atoms with Gasteiger partial charge in [-0.05, 0) is 49.1 Å². The molecule has 1 aromatic rings. The lowest BCUT2D eigenvalue weighted by atomic mass is 9.88. The average molecular weight is 357 g/mol. The van der Waals surface area contributed by atoms with E-state index in [0.29, 0.717) is 60.1 Å². The van der Waals surface area contributed by atoms with E-state index in [9.17, 15) is 9.59 Å². The number of carbonyl (C=O) groups excluding carboxylic acids is 2. The Balaban J connectivity index is 1.34. The van der Waals surface area contributed by atoms with Gasteiger partial charge in [0.25, 0.3) is 0 Å². The molecule has 4 rings (SSSR count). The first-order valence-electron chi connectivity index (χ1n) is 9.57. The molecule has 2 N–H and O–H groups in total. The Morgan fingerprint density at radius 2 is 2.15 bits per heavy atom. The van der Waals surface area contributed by atoms with Crippen molar-refractivity contribution in [2.24, 2.45) is 17.8 Å². The number of fused-ring (bicyclic) bond motifs is 1. The highest BCUT2D eigenvalue weighted by molar-refractivity contribution is 5.89. The van der Waals surface area contributed by atoms with Crippen LogP contribution in [0, 0.1) is 17.8 Å². The first-order chi connectivity index (χ1) is 12.6. The molecule has 2 saturated carbocycles. The zero-order valence-electron chi connectivity index (χ0n) is 15.4. The van der Waals surface area contributed by atoms with Crippen molar-refractivity contribution >= 4 is 17.6 Å². The van der Waals surface area contributed by atoms with Crippen LogP contribution in [0.3, 0.4) is 0 Å². The number of carbonyl (C=O) groups is 2. The van der Waals surface area contributed by atoms with Crippen LogP contribution >= 0.6 is 0 Å². The van der Waals surface area contributed by atoms with Gasteiger partial charge in [0.1, 0.15) is 5.75 Å². The minimum Gasteiger partial charge on any atom is -0.497 e. The minimum atomic E-state index is -0.211. The molecule has 2 aliphatic carbocycles. The molecule has 0 aromatic heterocycles. The fourth-order valence-electron chi connectivity index (χ4n) is 4.80. The van der Waals surface area contributed by atoms with Crippen LogP contribution in [-0.2, 0) is 4.79 Å². The van der Waals surface area contributed by atoms with Gasteiger partial charge in [-0.15, -0.1) is 0 Å².